The summed E-state index contributed by atoms with van der Waals surface area (Å²) < 4.78 is 0. The van der Waals surface area contributed by atoms with E-state index in [1.165, 1.54) is 4.90 Å². The Balaban J connectivity index is 2.80. The molecular formula is C16H28N2O4. The summed E-state index contributed by atoms with van der Waals surface area (Å²) in [5.74, 6) is -1.55. The second kappa shape index (κ2) is 9.43. The normalized spacial score (nSPS) is 21.5. The lowest BCUT2D eigenvalue weighted by Gasteiger charge is -2.40. The van der Waals surface area contributed by atoms with Crippen LogP contribution in [-0.4, -0.2) is 40.0 Å². The van der Waals surface area contributed by atoms with Crippen molar-refractivity contribution in [2.45, 2.75) is 83.8 Å². The van der Waals surface area contributed by atoms with E-state index in [0.717, 1.165) is 38.5 Å². The zero-order valence-corrected chi connectivity index (χ0v) is 13.6. The van der Waals surface area contributed by atoms with Crippen LogP contribution >= 0.6 is 0 Å². The second-order valence-corrected chi connectivity index (χ2v) is 5.90. The molecule has 1 heterocycles. The van der Waals surface area contributed by atoms with Crippen LogP contribution in [0.25, 0.3) is 0 Å². The number of carbonyl (C=O) groups is 3. The predicted molar refractivity (Wildman–Crippen MR) is 83.1 cm³/mol. The van der Waals surface area contributed by atoms with Crippen molar-refractivity contribution >= 4 is 17.8 Å². The fraction of sp³-hybridized carbons (Fsp3) is 0.812. The number of nitrogens with one attached hydrogen (secondary N) is 1. The monoisotopic (exact) mass is 312 g/mol. The number of hydrogen-bond donors (Lipinski definition) is 2. The third kappa shape index (κ3) is 5.31. The van der Waals surface area contributed by atoms with Crippen LogP contribution in [0, 0.1) is 0 Å². The summed E-state index contributed by atoms with van der Waals surface area (Å²) in [6, 6.07) is -1.03. The molecule has 0 aromatic heterocycles. The smallest absolute Gasteiger partial charge is 0.327 e. The maximum Gasteiger partial charge on any atom is 0.327 e. The Labute approximate surface area is 132 Å². The van der Waals surface area contributed by atoms with Gasteiger partial charge in [-0.2, -0.15) is 0 Å². The van der Waals surface area contributed by atoms with Crippen molar-refractivity contribution in [2.75, 3.05) is 0 Å². The third-order valence-corrected chi connectivity index (χ3v) is 4.03. The Morgan fingerprint density at radius 2 is 1.82 bits per heavy atom. The van der Waals surface area contributed by atoms with Crippen molar-refractivity contribution in [3.8, 4) is 0 Å². The number of nitrogens with zero attached hydrogens (tertiary/aromatic N) is 1. The summed E-state index contributed by atoms with van der Waals surface area (Å²) in [6.07, 6.45) is 5.94. The van der Waals surface area contributed by atoms with Crippen molar-refractivity contribution in [3.63, 3.8) is 0 Å². The number of aliphatic carboxylic acids is 1. The molecule has 0 aliphatic carbocycles. The lowest BCUT2D eigenvalue weighted by Crippen LogP contribution is -2.62. The first-order valence-electron chi connectivity index (χ1n) is 8.34. The van der Waals surface area contributed by atoms with E-state index >= 15 is 0 Å². The van der Waals surface area contributed by atoms with Crippen molar-refractivity contribution in [1.82, 2.24) is 10.2 Å². The van der Waals surface area contributed by atoms with Crippen LogP contribution in [-0.2, 0) is 14.4 Å². The van der Waals surface area contributed by atoms with Gasteiger partial charge in [-0.25, -0.2) is 4.79 Å². The van der Waals surface area contributed by atoms with Crippen LogP contribution in [0.4, 0.5) is 0 Å². The van der Waals surface area contributed by atoms with Crippen LogP contribution < -0.4 is 5.32 Å². The second-order valence-electron chi connectivity index (χ2n) is 5.90. The van der Waals surface area contributed by atoms with E-state index in [1.54, 1.807) is 0 Å². The van der Waals surface area contributed by atoms with Crippen LogP contribution in [0.3, 0.4) is 0 Å². The summed E-state index contributed by atoms with van der Waals surface area (Å²) >= 11 is 0. The van der Waals surface area contributed by atoms with E-state index in [4.69, 9.17) is 0 Å². The average molecular weight is 312 g/mol. The predicted octanol–water partition coefficient (Wildman–Crippen LogP) is 2.27. The van der Waals surface area contributed by atoms with E-state index in [2.05, 4.69) is 19.2 Å². The number of amides is 2. The molecular weight excluding hydrogens is 284 g/mol. The van der Waals surface area contributed by atoms with Gasteiger partial charge in [0.1, 0.15) is 12.2 Å². The SMILES string of the molecule is CCCCCC(=O)N1C(CCCCC)NC(=O)CC1C(=O)O. The Kier molecular flexibility index (Phi) is 7.91. The molecule has 0 aromatic carbocycles. The van der Waals surface area contributed by atoms with Gasteiger partial charge in [-0.05, 0) is 19.3 Å². The van der Waals surface area contributed by atoms with E-state index in [9.17, 15) is 19.5 Å². The summed E-state index contributed by atoms with van der Waals surface area (Å²) in [4.78, 5) is 37.0. The summed E-state index contributed by atoms with van der Waals surface area (Å²) in [6.45, 7) is 4.13. The Morgan fingerprint density at radius 1 is 1.18 bits per heavy atom. The molecule has 2 amide bonds. The first-order valence-corrected chi connectivity index (χ1v) is 8.34. The molecule has 1 fully saturated rings. The highest BCUT2D eigenvalue weighted by atomic mass is 16.4. The summed E-state index contributed by atoms with van der Waals surface area (Å²) in [7, 11) is 0. The molecule has 0 aromatic rings. The quantitative estimate of drug-likeness (QED) is 0.639. The number of unbranched alkanes of at least 4 members (excludes halogenated alkanes) is 4. The largest absolute Gasteiger partial charge is 0.480 e. The number of rotatable bonds is 9. The highest BCUT2D eigenvalue weighted by Gasteiger charge is 2.40. The number of carbonyl (C=O) groups excluding carboxylic acids is 2. The molecule has 126 valence electrons. The molecule has 1 aliphatic heterocycles. The number of carboxylic acid groups (broad SMARTS) is 1. The molecule has 2 N–H and O–H groups in total. The summed E-state index contributed by atoms with van der Waals surface area (Å²) in [5, 5.41) is 12.1. The molecule has 1 saturated heterocycles. The molecule has 22 heavy (non-hydrogen) atoms. The van der Waals surface area contributed by atoms with Gasteiger partial charge in [-0.1, -0.05) is 39.5 Å². The maximum absolute atomic E-state index is 12.4. The van der Waals surface area contributed by atoms with Crippen molar-refractivity contribution < 1.29 is 19.5 Å². The standard InChI is InChI=1S/C16H28N2O4/c1-3-5-7-9-13-17-14(19)11-12(16(21)22)18(13)15(20)10-8-6-4-2/h12-13H,3-11H2,1-2H3,(H,17,19)(H,21,22). The molecule has 1 aliphatic rings. The van der Waals surface area contributed by atoms with Gasteiger partial charge < -0.3 is 15.3 Å². The van der Waals surface area contributed by atoms with Crippen LogP contribution in [0.1, 0.15) is 71.6 Å². The van der Waals surface area contributed by atoms with Gasteiger partial charge in [-0.15, -0.1) is 0 Å². The van der Waals surface area contributed by atoms with Gasteiger partial charge in [0.2, 0.25) is 11.8 Å². The molecule has 2 unspecified atom stereocenters. The average Bonchev–Trinajstić information content (AvgIpc) is 2.47. The zero-order chi connectivity index (χ0) is 16.5. The minimum absolute atomic E-state index is 0.154. The third-order valence-electron chi connectivity index (χ3n) is 4.03. The lowest BCUT2D eigenvalue weighted by atomic mass is 10.0. The minimum atomic E-state index is -1.10. The molecule has 2 atom stereocenters. The van der Waals surface area contributed by atoms with Crippen molar-refractivity contribution in [2.24, 2.45) is 0 Å². The number of carboxylic acids is 1. The Morgan fingerprint density at radius 3 is 2.41 bits per heavy atom. The first kappa shape index (κ1) is 18.5. The van der Waals surface area contributed by atoms with Gasteiger partial charge in [0, 0.05) is 6.42 Å². The van der Waals surface area contributed by atoms with E-state index in [0.29, 0.717) is 12.8 Å². The van der Waals surface area contributed by atoms with E-state index in [1.807, 2.05) is 0 Å². The van der Waals surface area contributed by atoms with Crippen LogP contribution in [0.15, 0.2) is 0 Å². The highest BCUT2D eigenvalue weighted by molar-refractivity contribution is 5.91. The molecule has 1 rings (SSSR count). The molecule has 0 spiro atoms. The van der Waals surface area contributed by atoms with Gasteiger partial charge in [-0.3, -0.25) is 9.59 Å². The molecule has 6 nitrogen and oxygen atoms in total. The zero-order valence-electron chi connectivity index (χ0n) is 13.6. The molecule has 6 heteroatoms. The molecule has 0 saturated carbocycles. The van der Waals surface area contributed by atoms with Crippen LogP contribution in [0.5, 0.6) is 0 Å². The highest BCUT2D eigenvalue weighted by Crippen LogP contribution is 2.21. The van der Waals surface area contributed by atoms with Crippen LogP contribution in [0.2, 0.25) is 0 Å². The van der Waals surface area contributed by atoms with Gasteiger partial charge in [0.25, 0.3) is 0 Å². The molecule has 0 bridgehead atoms. The minimum Gasteiger partial charge on any atom is -0.480 e. The van der Waals surface area contributed by atoms with Crippen molar-refractivity contribution in [3.05, 3.63) is 0 Å². The maximum atomic E-state index is 12.4. The Bertz CT molecular complexity index is 398. The molecule has 0 radical (unpaired) electrons. The Hall–Kier alpha value is -1.59. The lowest BCUT2D eigenvalue weighted by molar-refractivity contribution is -0.159. The number of hydrogen-bond acceptors (Lipinski definition) is 3. The van der Waals surface area contributed by atoms with Crippen molar-refractivity contribution in [1.29, 1.82) is 0 Å². The first-order chi connectivity index (χ1) is 10.5. The van der Waals surface area contributed by atoms with E-state index < -0.39 is 18.2 Å². The summed E-state index contributed by atoms with van der Waals surface area (Å²) in [5.41, 5.74) is 0. The topological polar surface area (TPSA) is 86.7 Å². The fourth-order valence-corrected chi connectivity index (χ4v) is 2.81. The van der Waals surface area contributed by atoms with Gasteiger partial charge in [0.05, 0.1) is 6.42 Å². The fourth-order valence-electron chi connectivity index (χ4n) is 2.81. The van der Waals surface area contributed by atoms with Gasteiger partial charge in [0.15, 0.2) is 0 Å². The van der Waals surface area contributed by atoms with E-state index in [-0.39, 0.29) is 18.2 Å². The van der Waals surface area contributed by atoms with Gasteiger partial charge >= 0.3 is 5.97 Å².